The second-order valence-corrected chi connectivity index (χ2v) is 6.48. The fourth-order valence-electron chi connectivity index (χ4n) is 2.06. The van der Waals surface area contributed by atoms with E-state index >= 15 is 0 Å². The molecule has 1 aromatic rings. The molecule has 0 fully saturated rings. The van der Waals surface area contributed by atoms with Crippen molar-refractivity contribution in [3.05, 3.63) is 34.3 Å². The summed E-state index contributed by atoms with van der Waals surface area (Å²) in [4.78, 5) is 23.8. The molecular formula is C16H22BrNO4. The normalized spacial score (nSPS) is 13.5. The van der Waals surface area contributed by atoms with Crippen molar-refractivity contribution in [3.63, 3.8) is 0 Å². The predicted octanol–water partition coefficient (Wildman–Crippen LogP) is 2.06. The van der Waals surface area contributed by atoms with Gasteiger partial charge in [-0.25, -0.2) is 4.79 Å². The number of methoxy groups -OCH3 is 1. The van der Waals surface area contributed by atoms with Gasteiger partial charge in [-0.15, -0.1) is 0 Å². The molecule has 2 atom stereocenters. The zero-order valence-electron chi connectivity index (χ0n) is 13.0. The van der Waals surface area contributed by atoms with Crippen molar-refractivity contribution in [2.45, 2.75) is 38.8 Å². The monoisotopic (exact) mass is 371 g/mol. The Morgan fingerprint density at radius 1 is 1.36 bits per heavy atom. The summed E-state index contributed by atoms with van der Waals surface area (Å²) in [6.07, 6.45) is -0.488. The van der Waals surface area contributed by atoms with E-state index in [0.717, 1.165) is 10.0 Å². The molecule has 0 spiro atoms. The van der Waals surface area contributed by atoms with E-state index in [9.17, 15) is 14.7 Å². The van der Waals surface area contributed by atoms with Crippen molar-refractivity contribution in [2.75, 3.05) is 7.11 Å². The molecule has 0 radical (unpaired) electrons. The number of hydrogen-bond donors (Lipinski definition) is 2. The van der Waals surface area contributed by atoms with Crippen LogP contribution in [0.4, 0.5) is 0 Å². The molecule has 0 aliphatic carbocycles. The quantitative estimate of drug-likeness (QED) is 0.719. The molecule has 0 heterocycles. The third kappa shape index (κ3) is 6.15. The summed E-state index contributed by atoms with van der Waals surface area (Å²) in [5.74, 6) is -0.911. The molecule has 0 aliphatic heterocycles. The van der Waals surface area contributed by atoms with Crippen LogP contribution in [-0.4, -0.2) is 36.2 Å². The molecule has 1 aromatic carbocycles. The SMILES string of the molecule is COC(=O)[C@H](Cc1cccc(Br)c1)NC(=O)[C@H](O)CC(C)C. The molecule has 0 unspecified atom stereocenters. The van der Waals surface area contributed by atoms with E-state index < -0.39 is 24.0 Å². The molecule has 6 heteroatoms. The lowest BCUT2D eigenvalue weighted by Crippen LogP contribution is -2.47. The van der Waals surface area contributed by atoms with Gasteiger partial charge in [-0.2, -0.15) is 0 Å². The Kier molecular flexibility index (Phi) is 7.55. The zero-order valence-corrected chi connectivity index (χ0v) is 14.6. The van der Waals surface area contributed by atoms with Gasteiger partial charge in [0.2, 0.25) is 5.91 Å². The van der Waals surface area contributed by atoms with E-state index in [4.69, 9.17) is 4.74 Å². The highest BCUT2D eigenvalue weighted by Crippen LogP contribution is 2.14. The fourth-order valence-corrected chi connectivity index (χ4v) is 2.50. The second kappa shape index (κ2) is 8.90. The van der Waals surface area contributed by atoms with Crippen LogP contribution in [0, 0.1) is 5.92 Å². The van der Waals surface area contributed by atoms with Gasteiger partial charge < -0.3 is 15.2 Å². The minimum Gasteiger partial charge on any atom is -0.467 e. The minimum atomic E-state index is -1.13. The Labute approximate surface area is 139 Å². The number of amides is 1. The number of benzene rings is 1. The number of esters is 1. The van der Waals surface area contributed by atoms with Gasteiger partial charge in [0.15, 0.2) is 0 Å². The number of nitrogens with one attached hydrogen (secondary N) is 1. The molecule has 2 N–H and O–H groups in total. The third-order valence-corrected chi connectivity index (χ3v) is 3.62. The van der Waals surface area contributed by atoms with Crippen molar-refractivity contribution in [2.24, 2.45) is 5.92 Å². The summed E-state index contributed by atoms with van der Waals surface area (Å²) >= 11 is 3.36. The Morgan fingerprint density at radius 3 is 2.59 bits per heavy atom. The first-order chi connectivity index (χ1) is 10.3. The lowest BCUT2D eigenvalue weighted by atomic mass is 10.0. The maximum atomic E-state index is 12.0. The predicted molar refractivity (Wildman–Crippen MR) is 87.3 cm³/mol. The average Bonchev–Trinajstić information content (AvgIpc) is 2.44. The molecule has 1 rings (SSSR count). The van der Waals surface area contributed by atoms with Crippen LogP contribution in [0.25, 0.3) is 0 Å². The van der Waals surface area contributed by atoms with Gasteiger partial charge in [-0.05, 0) is 30.0 Å². The molecule has 5 nitrogen and oxygen atoms in total. The van der Waals surface area contributed by atoms with Gasteiger partial charge in [0.1, 0.15) is 12.1 Å². The van der Waals surface area contributed by atoms with E-state index in [0.29, 0.717) is 12.8 Å². The zero-order chi connectivity index (χ0) is 16.7. The topological polar surface area (TPSA) is 75.6 Å². The second-order valence-electron chi connectivity index (χ2n) is 5.56. The van der Waals surface area contributed by atoms with Gasteiger partial charge in [0.25, 0.3) is 0 Å². The summed E-state index contributed by atoms with van der Waals surface area (Å²) in [6.45, 7) is 3.82. The molecule has 0 aliphatic rings. The third-order valence-electron chi connectivity index (χ3n) is 3.13. The lowest BCUT2D eigenvalue weighted by Gasteiger charge is -2.19. The van der Waals surface area contributed by atoms with Crippen molar-refractivity contribution < 1.29 is 19.4 Å². The Bertz CT molecular complexity index is 519. The summed E-state index contributed by atoms with van der Waals surface area (Å²) in [7, 11) is 1.27. The van der Waals surface area contributed by atoms with E-state index in [1.807, 2.05) is 38.1 Å². The Balaban J connectivity index is 2.77. The van der Waals surface area contributed by atoms with E-state index in [1.54, 1.807) is 0 Å². The highest BCUT2D eigenvalue weighted by molar-refractivity contribution is 9.10. The number of carbonyl (C=O) groups is 2. The average molecular weight is 372 g/mol. The summed E-state index contributed by atoms with van der Waals surface area (Å²) in [5.41, 5.74) is 0.878. The number of aliphatic hydroxyl groups is 1. The van der Waals surface area contributed by atoms with Crippen molar-refractivity contribution in [1.29, 1.82) is 0 Å². The van der Waals surface area contributed by atoms with E-state index in [1.165, 1.54) is 7.11 Å². The van der Waals surface area contributed by atoms with Crippen LogP contribution in [0.5, 0.6) is 0 Å². The van der Waals surface area contributed by atoms with E-state index in [-0.39, 0.29) is 5.92 Å². The van der Waals surface area contributed by atoms with Crippen LogP contribution in [0.15, 0.2) is 28.7 Å². The van der Waals surface area contributed by atoms with Crippen LogP contribution in [0.3, 0.4) is 0 Å². The number of hydrogen-bond acceptors (Lipinski definition) is 4. The summed E-state index contributed by atoms with van der Waals surface area (Å²) < 4.78 is 5.62. The van der Waals surface area contributed by atoms with Crippen molar-refractivity contribution >= 4 is 27.8 Å². The highest BCUT2D eigenvalue weighted by Gasteiger charge is 2.25. The molecule has 122 valence electrons. The number of carbonyl (C=O) groups excluding carboxylic acids is 2. The Hall–Kier alpha value is -1.40. The maximum Gasteiger partial charge on any atom is 0.328 e. The molecule has 0 bridgehead atoms. The molecule has 0 aromatic heterocycles. The largest absolute Gasteiger partial charge is 0.467 e. The first-order valence-corrected chi connectivity index (χ1v) is 7.93. The molecule has 22 heavy (non-hydrogen) atoms. The van der Waals surface area contributed by atoms with Gasteiger partial charge in [0.05, 0.1) is 7.11 Å². The van der Waals surface area contributed by atoms with Gasteiger partial charge in [-0.3, -0.25) is 4.79 Å². The van der Waals surface area contributed by atoms with Gasteiger partial charge in [-0.1, -0.05) is 41.9 Å². The fraction of sp³-hybridized carbons (Fsp3) is 0.500. The van der Waals surface area contributed by atoms with Crippen LogP contribution in [0.1, 0.15) is 25.8 Å². The van der Waals surface area contributed by atoms with Crippen molar-refractivity contribution in [1.82, 2.24) is 5.32 Å². The number of halogens is 1. The molecule has 0 saturated carbocycles. The summed E-state index contributed by atoms with van der Waals surface area (Å²) in [6, 6.07) is 6.63. The molecule has 1 amide bonds. The number of rotatable bonds is 7. The minimum absolute atomic E-state index is 0.183. The maximum absolute atomic E-state index is 12.0. The number of aliphatic hydroxyl groups excluding tert-OH is 1. The lowest BCUT2D eigenvalue weighted by molar-refractivity contribution is -0.146. The Morgan fingerprint density at radius 2 is 2.05 bits per heavy atom. The number of ether oxygens (including phenoxy) is 1. The van der Waals surface area contributed by atoms with Crippen LogP contribution in [-0.2, 0) is 20.7 Å². The first-order valence-electron chi connectivity index (χ1n) is 7.14. The molecular weight excluding hydrogens is 350 g/mol. The smallest absolute Gasteiger partial charge is 0.328 e. The van der Waals surface area contributed by atoms with Gasteiger partial charge >= 0.3 is 5.97 Å². The van der Waals surface area contributed by atoms with Gasteiger partial charge in [0, 0.05) is 10.9 Å². The summed E-state index contributed by atoms with van der Waals surface area (Å²) in [5, 5.41) is 12.4. The van der Waals surface area contributed by atoms with Crippen LogP contribution >= 0.6 is 15.9 Å². The standard InChI is InChI=1S/C16H22BrNO4/c1-10(2)7-14(19)15(20)18-13(16(21)22-3)9-11-5-4-6-12(17)8-11/h4-6,8,10,13-14,19H,7,9H2,1-3H3,(H,18,20)/t13-,14+/m0/s1. The van der Waals surface area contributed by atoms with E-state index in [2.05, 4.69) is 21.2 Å². The highest BCUT2D eigenvalue weighted by atomic mass is 79.9. The van der Waals surface area contributed by atoms with Crippen LogP contribution in [0.2, 0.25) is 0 Å². The van der Waals surface area contributed by atoms with Crippen LogP contribution < -0.4 is 5.32 Å². The first kappa shape index (κ1) is 18.6. The molecule has 0 saturated heterocycles. The van der Waals surface area contributed by atoms with Crippen molar-refractivity contribution in [3.8, 4) is 0 Å².